The third kappa shape index (κ3) is 3.75. The number of nitrogens with one attached hydrogen (secondary N) is 1. The van der Waals surface area contributed by atoms with Gasteiger partial charge in [-0.1, -0.05) is 6.07 Å². The molecule has 5 nitrogen and oxygen atoms in total. The number of carbonyl (C=O) groups excluding carboxylic acids is 2. The van der Waals surface area contributed by atoms with Gasteiger partial charge in [-0.2, -0.15) is 0 Å². The first kappa shape index (κ1) is 16.5. The molecule has 0 aliphatic carbocycles. The summed E-state index contributed by atoms with van der Waals surface area (Å²) in [7, 11) is 1.68. The fourth-order valence-corrected chi connectivity index (χ4v) is 4.50. The molecule has 2 aliphatic rings. The van der Waals surface area contributed by atoms with E-state index < -0.39 is 0 Å². The molecule has 0 bridgehead atoms. The molecule has 126 valence electrons. The van der Waals surface area contributed by atoms with Crippen LogP contribution in [0.25, 0.3) is 0 Å². The molecule has 1 spiro atoms. The maximum Gasteiger partial charge on any atom is 0.263 e. The molecule has 0 unspecified atom stereocenters. The molecular formula is C17H25N3O2S. The minimum absolute atomic E-state index is 0.0825. The number of carbonyl (C=O) groups is 2. The van der Waals surface area contributed by atoms with Gasteiger partial charge in [-0.15, -0.1) is 11.3 Å². The first-order valence-electron chi connectivity index (χ1n) is 8.38. The molecule has 1 aromatic heterocycles. The lowest BCUT2D eigenvalue weighted by atomic mass is 9.72. The minimum atomic E-state index is 0.0825. The van der Waals surface area contributed by atoms with Crippen molar-refractivity contribution < 1.29 is 9.59 Å². The van der Waals surface area contributed by atoms with Gasteiger partial charge in [0.2, 0.25) is 5.91 Å². The zero-order valence-electron chi connectivity index (χ0n) is 13.7. The lowest BCUT2D eigenvalue weighted by Gasteiger charge is -2.47. The van der Waals surface area contributed by atoms with Crippen LogP contribution < -0.4 is 5.32 Å². The third-order valence-corrected chi connectivity index (χ3v) is 6.10. The van der Waals surface area contributed by atoms with Crippen molar-refractivity contribution >= 4 is 23.2 Å². The summed E-state index contributed by atoms with van der Waals surface area (Å²) in [6.07, 6.45) is 4.46. The summed E-state index contributed by atoms with van der Waals surface area (Å²) < 4.78 is 0. The second kappa shape index (κ2) is 7.01. The van der Waals surface area contributed by atoms with Crippen molar-refractivity contribution in [2.75, 3.05) is 39.8 Å². The largest absolute Gasteiger partial charge is 0.358 e. The summed E-state index contributed by atoms with van der Waals surface area (Å²) in [6.45, 7) is 4.14. The average molecular weight is 335 g/mol. The number of likely N-dealkylation sites (N-methyl/N-ethyl adjacent to an activating group) is 1. The quantitative estimate of drug-likeness (QED) is 0.917. The summed E-state index contributed by atoms with van der Waals surface area (Å²) in [5, 5.41) is 4.65. The van der Waals surface area contributed by atoms with E-state index in [0.29, 0.717) is 6.54 Å². The Hall–Kier alpha value is -1.40. The molecule has 0 atom stereocenters. The number of hydrogen-bond donors (Lipinski definition) is 1. The number of amides is 2. The molecule has 23 heavy (non-hydrogen) atoms. The molecule has 3 rings (SSSR count). The molecule has 3 heterocycles. The van der Waals surface area contributed by atoms with Crippen LogP contribution in [0.2, 0.25) is 0 Å². The summed E-state index contributed by atoms with van der Waals surface area (Å²) in [5.41, 5.74) is 0.254. The number of hydrogen-bond acceptors (Lipinski definition) is 4. The highest BCUT2D eigenvalue weighted by atomic mass is 32.1. The standard InChI is InChI=1S/C17H25N3O2S/c1-18-15(21)12-19-9-6-17(7-10-19)5-3-8-20(13-17)16(22)14-4-2-11-23-14/h2,4,11H,3,5-10,12-13H2,1H3,(H,18,21). The molecule has 1 N–H and O–H groups in total. The van der Waals surface area contributed by atoms with Gasteiger partial charge < -0.3 is 10.2 Å². The monoisotopic (exact) mass is 335 g/mol. The Kier molecular flexibility index (Phi) is 5.02. The van der Waals surface area contributed by atoms with Gasteiger partial charge in [0.05, 0.1) is 11.4 Å². The number of nitrogens with zero attached hydrogens (tertiary/aromatic N) is 2. The second-order valence-corrected chi connectivity index (χ2v) is 7.70. The molecule has 6 heteroatoms. The summed E-state index contributed by atoms with van der Waals surface area (Å²) in [5.74, 6) is 0.269. The predicted octanol–water partition coefficient (Wildman–Crippen LogP) is 1.81. The molecule has 2 fully saturated rings. The third-order valence-electron chi connectivity index (χ3n) is 5.24. The number of thiophene rings is 1. The summed E-state index contributed by atoms with van der Waals surface area (Å²) >= 11 is 1.53. The lowest BCUT2D eigenvalue weighted by Crippen LogP contribution is -2.52. The molecular weight excluding hydrogens is 310 g/mol. The molecule has 0 saturated carbocycles. The van der Waals surface area contributed by atoms with Crippen LogP contribution in [0.15, 0.2) is 17.5 Å². The van der Waals surface area contributed by atoms with Gasteiger partial charge in [-0.05, 0) is 55.6 Å². The van der Waals surface area contributed by atoms with Crippen LogP contribution in [0, 0.1) is 5.41 Å². The number of likely N-dealkylation sites (tertiary alicyclic amines) is 2. The molecule has 0 aromatic carbocycles. The highest BCUT2D eigenvalue weighted by molar-refractivity contribution is 7.12. The highest BCUT2D eigenvalue weighted by Gasteiger charge is 2.40. The van der Waals surface area contributed by atoms with E-state index in [4.69, 9.17) is 0 Å². The van der Waals surface area contributed by atoms with Crippen LogP contribution >= 0.6 is 11.3 Å². The SMILES string of the molecule is CNC(=O)CN1CCC2(CCCN(C(=O)c3cccs3)C2)CC1. The number of rotatable bonds is 3. The predicted molar refractivity (Wildman–Crippen MR) is 91.6 cm³/mol. The van der Waals surface area contributed by atoms with Gasteiger partial charge >= 0.3 is 0 Å². The van der Waals surface area contributed by atoms with E-state index >= 15 is 0 Å². The van der Waals surface area contributed by atoms with Crippen molar-refractivity contribution in [2.45, 2.75) is 25.7 Å². The summed E-state index contributed by atoms with van der Waals surface area (Å²) in [6, 6.07) is 3.86. The van der Waals surface area contributed by atoms with Gasteiger partial charge in [0.15, 0.2) is 0 Å². The molecule has 2 aliphatic heterocycles. The smallest absolute Gasteiger partial charge is 0.263 e. The maximum absolute atomic E-state index is 12.6. The van der Waals surface area contributed by atoms with Crippen molar-refractivity contribution in [3.05, 3.63) is 22.4 Å². The van der Waals surface area contributed by atoms with Crippen molar-refractivity contribution in [3.8, 4) is 0 Å². The van der Waals surface area contributed by atoms with Gasteiger partial charge in [-0.25, -0.2) is 0 Å². The average Bonchev–Trinajstić information content (AvgIpc) is 3.11. The Balaban J connectivity index is 1.58. The Labute approximate surface area is 141 Å². The van der Waals surface area contributed by atoms with Crippen LogP contribution in [0.4, 0.5) is 0 Å². The molecule has 2 amide bonds. The highest BCUT2D eigenvalue weighted by Crippen LogP contribution is 2.40. The van der Waals surface area contributed by atoms with Crippen LogP contribution in [0.1, 0.15) is 35.4 Å². The zero-order valence-corrected chi connectivity index (χ0v) is 14.5. The lowest BCUT2D eigenvalue weighted by molar-refractivity contribution is -0.122. The van der Waals surface area contributed by atoms with E-state index in [1.54, 1.807) is 7.05 Å². The van der Waals surface area contributed by atoms with Gasteiger partial charge in [0.1, 0.15) is 0 Å². The van der Waals surface area contributed by atoms with Gasteiger partial charge in [0, 0.05) is 20.1 Å². The van der Waals surface area contributed by atoms with E-state index in [9.17, 15) is 9.59 Å². The topological polar surface area (TPSA) is 52.7 Å². The van der Waals surface area contributed by atoms with Crippen molar-refractivity contribution in [3.63, 3.8) is 0 Å². The molecule has 0 radical (unpaired) electrons. The summed E-state index contributed by atoms with van der Waals surface area (Å²) in [4.78, 5) is 29.2. The Morgan fingerprint density at radius 1 is 1.26 bits per heavy atom. The second-order valence-electron chi connectivity index (χ2n) is 6.76. The van der Waals surface area contributed by atoms with E-state index in [1.165, 1.54) is 17.8 Å². The fraction of sp³-hybridized carbons (Fsp3) is 0.647. The maximum atomic E-state index is 12.6. The van der Waals surface area contributed by atoms with Crippen LogP contribution in [0.3, 0.4) is 0 Å². The zero-order chi connectivity index (χ0) is 16.3. The van der Waals surface area contributed by atoms with Crippen LogP contribution in [-0.4, -0.2) is 61.4 Å². The normalized spacial score (nSPS) is 21.3. The first-order valence-corrected chi connectivity index (χ1v) is 9.26. The fourth-order valence-electron chi connectivity index (χ4n) is 3.81. The van der Waals surface area contributed by atoms with Crippen LogP contribution in [0.5, 0.6) is 0 Å². The van der Waals surface area contributed by atoms with E-state index in [0.717, 1.165) is 50.3 Å². The van der Waals surface area contributed by atoms with Crippen molar-refractivity contribution in [2.24, 2.45) is 5.41 Å². The Morgan fingerprint density at radius 3 is 2.70 bits per heavy atom. The molecule has 1 aromatic rings. The molecule has 2 saturated heterocycles. The van der Waals surface area contributed by atoms with Gasteiger partial charge in [0.25, 0.3) is 5.91 Å². The van der Waals surface area contributed by atoms with Gasteiger partial charge in [-0.3, -0.25) is 14.5 Å². The van der Waals surface area contributed by atoms with Crippen LogP contribution in [-0.2, 0) is 4.79 Å². The first-order chi connectivity index (χ1) is 11.1. The number of piperidine rings is 2. The van der Waals surface area contributed by atoms with Crippen molar-refractivity contribution in [1.29, 1.82) is 0 Å². The van der Waals surface area contributed by atoms with E-state index in [1.807, 2.05) is 22.4 Å². The Morgan fingerprint density at radius 2 is 2.04 bits per heavy atom. The van der Waals surface area contributed by atoms with E-state index in [-0.39, 0.29) is 17.2 Å². The van der Waals surface area contributed by atoms with Crippen molar-refractivity contribution in [1.82, 2.24) is 15.1 Å². The van der Waals surface area contributed by atoms with E-state index in [2.05, 4.69) is 10.2 Å². The minimum Gasteiger partial charge on any atom is -0.358 e. The Bertz CT molecular complexity index is 550.